The monoisotopic (exact) mass is 1600 g/mol. The molecule has 14 atom stereocenters. The molecular formula is C78H120F8N12O14. The molecule has 112 heavy (non-hydrogen) atoms. The second-order valence-electron chi connectivity index (χ2n) is 34.1. The Morgan fingerprint density at radius 2 is 1.25 bits per heavy atom. The van der Waals surface area contributed by atoms with E-state index in [4.69, 9.17) is 9.47 Å². The second kappa shape index (κ2) is 37.7. The van der Waals surface area contributed by atoms with E-state index in [1.807, 2.05) is 27.7 Å². The van der Waals surface area contributed by atoms with Gasteiger partial charge in [-0.3, -0.25) is 57.5 Å². The highest BCUT2D eigenvalue weighted by atomic mass is 19.4. The average molecular weight is 1600 g/mol. The van der Waals surface area contributed by atoms with Gasteiger partial charge in [-0.15, -0.1) is 0 Å². The van der Waals surface area contributed by atoms with Crippen molar-refractivity contribution in [3.05, 3.63) is 0 Å². The van der Waals surface area contributed by atoms with E-state index in [0.717, 1.165) is 9.80 Å². The molecule has 3 N–H and O–H groups in total. The van der Waals surface area contributed by atoms with E-state index in [2.05, 4.69) is 16.0 Å². The Morgan fingerprint density at radius 3 is 1.81 bits per heavy atom. The molecule has 2 bridgehead atoms. The molecule has 632 valence electrons. The van der Waals surface area contributed by atoms with Gasteiger partial charge in [-0.1, -0.05) is 53.9 Å². The van der Waals surface area contributed by atoms with Crippen molar-refractivity contribution in [2.75, 3.05) is 94.3 Å². The summed E-state index contributed by atoms with van der Waals surface area (Å²) in [4.78, 5) is 195. The molecule has 1 spiro atoms. The topological polar surface area (TPSA) is 289 Å². The van der Waals surface area contributed by atoms with Crippen molar-refractivity contribution in [1.82, 2.24) is 60.0 Å². The van der Waals surface area contributed by atoms with Gasteiger partial charge >= 0.3 is 12.4 Å². The van der Waals surface area contributed by atoms with Crippen LogP contribution in [0.4, 0.5) is 35.1 Å². The van der Waals surface area contributed by atoms with E-state index >= 15 is 61.5 Å². The summed E-state index contributed by atoms with van der Waals surface area (Å²) in [7, 11) is 6.84. The van der Waals surface area contributed by atoms with E-state index in [1.54, 1.807) is 13.8 Å². The molecule has 9 aliphatic rings. The summed E-state index contributed by atoms with van der Waals surface area (Å²) in [5, 5.41) is 8.53. The summed E-state index contributed by atoms with van der Waals surface area (Å²) in [5.74, 6) is -16.9. The number of nitrogens with one attached hydrogen (secondary N) is 3. The Balaban J connectivity index is 1.12. The van der Waals surface area contributed by atoms with Crippen LogP contribution in [-0.4, -0.2) is 300 Å². The van der Waals surface area contributed by atoms with Crippen molar-refractivity contribution < 1.29 is 102 Å². The summed E-state index contributed by atoms with van der Waals surface area (Å²) in [5.41, 5.74) is -1.70. The van der Waals surface area contributed by atoms with Crippen LogP contribution >= 0.6 is 0 Å². The largest absolute Gasteiger partial charge is 0.397 e. The molecule has 5 heterocycles. The number of carbonyl (C=O) groups excluding carboxylic acids is 12. The minimum absolute atomic E-state index is 0.00833. The van der Waals surface area contributed by atoms with Crippen LogP contribution in [0.3, 0.4) is 0 Å². The fourth-order valence-electron chi connectivity index (χ4n) is 18.7. The summed E-state index contributed by atoms with van der Waals surface area (Å²) in [6, 6.07) is -12.4. The maximum absolute atomic E-state index is 15.8. The molecule has 4 saturated carbocycles. The third-order valence-corrected chi connectivity index (χ3v) is 26.0. The smallest absolute Gasteiger partial charge is 0.378 e. The van der Waals surface area contributed by atoms with Gasteiger partial charge in [-0.25, -0.2) is 8.78 Å². The van der Waals surface area contributed by atoms with Gasteiger partial charge in [0.15, 0.2) is 0 Å². The van der Waals surface area contributed by atoms with E-state index in [9.17, 15) is 31.1 Å². The standard InChI is InChI=1S/C78H120F8N12O14/c1-12-46(6)64-73(108)96-30-27-56(96)70(105)92(9)55-26-19-45(5)41-97(72(55)107)60(38-47-20-23-50(24-21-47)77(81,82)83)69(104)90(7)43-61(99)87-54(25-22-48-36-52(79)63(53(80)37-48)78(84,85)86)68(103)98-42-51(112-13-2)39-58(98)67(102)89-76(28-16-29-76)75(110)94(11)65(49-17-14-15-18-49)74(109)93(10)59(71(106)95-31-33-111-34-32-95)40-62(100)91(8)57(35-44(3)4)66(101)88-64/h44-60,63-65H,12-43H2,1-11H3,(H,87,99)(H,88,101)(H,89,102)/t45-,46+,47?,48?,50?,51-,52?,53?,54+,55+,56+,57+,58+,59+,60+,63?,64+,65+/m1/s1. The van der Waals surface area contributed by atoms with E-state index in [-0.39, 0.29) is 141 Å². The lowest BCUT2D eigenvalue weighted by atomic mass is 9.74. The first kappa shape index (κ1) is 88.9. The van der Waals surface area contributed by atoms with Crippen molar-refractivity contribution in [2.24, 2.45) is 47.3 Å². The molecule has 34 heteroatoms. The number of amides is 12. The molecule has 0 aromatic carbocycles. The lowest BCUT2D eigenvalue weighted by Crippen LogP contribution is -2.68. The molecule has 0 radical (unpaired) electrons. The van der Waals surface area contributed by atoms with Crippen molar-refractivity contribution in [3.8, 4) is 0 Å². The number of halogens is 8. The number of hydrogen-bond donors (Lipinski definition) is 3. The van der Waals surface area contributed by atoms with Crippen LogP contribution in [0.5, 0.6) is 0 Å². The number of morpholine rings is 1. The highest BCUT2D eigenvalue weighted by Gasteiger charge is 2.57. The SMILES string of the molecule is CCO[C@@H]1C[C@H]2C(=O)NC3(CCC3)C(=O)N(C)[C@@H](C3CCCC3)C(=O)N(C)[C@H](C(=O)N3CCOCC3)CC(=O)N(C)[C@@H](CC(C)C)C(=O)N[C@@H]([C@@H](C)CC)C(=O)N3CC[C@H]3C(=O)N(C)[C@H]3CC[C@@H](C)CN(C3=O)[C@@H](CC3CCC(C(F)(F)F)CC3)C(=O)N(C)CC(=O)N[C@@H](CCC3CC(F)C(C(F)(F)F)C(F)C3)C(=O)N2C1. The van der Waals surface area contributed by atoms with E-state index in [0.29, 0.717) is 44.9 Å². The molecule has 2 unspecified atom stereocenters. The molecular weight excluding hydrogens is 1480 g/mol. The first-order valence-electron chi connectivity index (χ1n) is 40.8. The van der Waals surface area contributed by atoms with E-state index < -0.39 is 229 Å². The number of nitrogens with zero attached hydrogens (tertiary/aromatic N) is 9. The number of hydrogen-bond acceptors (Lipinski definition) is 14. The van der Waals surface area contributed by atoms with Crippen LogP contribution in [0.1, 0.15) is 189 Å². The highest BCUT2D eigenvalue weighted by molar-refractivity contribution is 6.01. The minimum atomic E-state index is -5.22. The summed E-state index contributed by atoms with van der Waals surface area (Å²) in [6.07, 6.45) is -16.0. The predicted molar refractivity (Wildman–Crippen MR) is 392 cm³/mol. The van der Waals surface area contributed by atoms with Gasteiger partial charge in [0.1, 0.15) is 78.2 Å². The van der Waals surface area contributed by atoms with Gasteiger partial charge in [-0.2, -0.15) is 26.3 Å². The zero-order chi connectivity index (χ0) is 82.3. The Morgan fingerprint density at radius 1 is 0.607 bits per heavy atom. The van der Waals surface area contributed by atoms with Crippen LogP contribution in [0, 0.1) is 47.3 Å². The fourth-order valence-corrected chi connectivity index (χ4v) is 18.7. The average Bonchev–Trinajstić information content (AvgIpc) is 1.03. The number of fused-ring (bicyclic) bond motifs is 4. The molecule has 0 aromatic rings. The molecule has 5 saturated heterocycles. The van der Waals surface area contributed by atoms with Crippen LogP contribution < -0.4 is 16.0 Å². The minimum Gasteiger partial charge on any atom is -0.378 e. The van der Waals surface area contributed by atoms with Crippen molar-refractivity contribution >= 4 is 70.9 Å². The Labute approximate surface area is 652 Å². The Bertz CT molecular complexity index is 3360. The highest BCUT2D eigenvalue weighted by Crippen LogP contribution is 2.46. The lowest BCUT2D eigenvalue weighted by molar-refractivity contribution is -0.219. The normalized spacial score (nSPS) is 33.6. The van der Waals surface area contributed by atoms with Gasteiger partial charge in [0.25, 0.3) is 0 Å². The van der Waals surface area contributed by atoms with Gasteiger partial charge in [0, 0.05) is 81.0 Å². The number of alkyl halides is 8. The first-order valence-corrected chi connectivity index (χ1v) is 40.8. The summed E-state index contributed by atoms with van der Waals surface area (Å²) in [6.45, 7) is 10.1. The summed E-state index contributed by atoms with van der Waals surface area (Å²) < 4.78 is 127. The number of likely N-dealkylation sites (N-methyl/N-ethyl adjacent to an activating group) is 5. The van der Waals surface area contributed by atoms with Crippen LogP contribution in [-0.2, 0) is 67.0 Å². The second-order valence-corrected chi connectivity index (χ2v) is 34.1. The zero-order valence-corrected chi connectivity index (χ0v) is 66.9. The fraction of sp³-hybridized carbons (Fsp3) is 0.846. The lowest BCUT2D eigenvalue weighted by Gasteiger charge is -2.47. The number of carbonyl (C=O) groups is 12. The molecule has 5 aliphatic heterocycles. The summed E-state index contributed by atoms with van der Waals surface area (Å²) >= 11 is 0. The third-order valence-electron chi connectivity index (χ3n) is 26.0. The van der Waals surface area contributed by atoms with Crippen LogP contribution in [0.15, 0.2) is 0 Å². The van der Waals surface area contributed by atoms with Gasteiger partial charge < -0.3 is 69.5 Å². The van der Waals surface area contributed by atoms with Crippen molar-refractivity contribution in [3.63, 3.8) is 0 Å². The van der Waals surface area contributed by atoms with Gasteiger partial charge in [0.05, 0.1) is 38.2 Å². The van der Waals surface area contributed by atoms with Gasteiger partial charge in [0.2, 0.25) is 70.9 Å². The van der Waals surface area contributed by atoms with Crippen molar-refractivity contribution in [1.29, 1.82) is 0 Å². The van der Waals surface area contributed by atoms with E-state index in [1.165, 1.54) is 69.5 Å². The zero-order valence-electron chi connectivity index (χ0n) is 66.9. The molecule has 9 fully saturated rings. The molecule has 26 nitrogen and oxygen atoms in total. The Hall–Kier alpha value is -7.00. The van der Waals surface area contributed by atoms with Crippen molar-refractivity contribution in [2.45, 2.75) is 280 Å². The Kier molecular flexibility index (Phi) is 30.0. The predicted octanol–water partition coefficient (Wildman–Crippen LogP) is 6.34. The maximum atomic E-state index is 15.8. The molecule has 4 aliphatic carbocycles. The molecule has 12 amide bonds. The third kappa shape index (κ3) is 20.4. The molecule has 9 rings (SSSR count). The van der Waals surface area contributed by atoms with Crippen LogP contribution in [0.2, 0.25) is 0 Å². The number of ether oxygens (including phenoxy) is 2. The van der Waals surface area contributed by atoms with Crippen LogP contribution in [0.25, 0.3) is 0 Å². The van der Waals surface area contributed by atoms with Gasteiger partial charge in [-0.05, 0) is 158 Å². The quantitative estimate of drug-likeness (QED) is 0.170. The molecule has 0 aromatic heterocycles. The maximum Gasteiger partial charge on any atom is 0.397 e. The first-order chi connectivity index (χ1) is 52.7. The number of rotatable bonds is 13.